The van der Waals surface area contributed by atoms with E-state index in [2.05, 4.69) is 0 Å². The Morgan fingerprint density at radius 2 is 2.27 bits per heavy atom. The SMILES string of the molecule is CC(C)=CC(O)c1ccc2c(c1)OCC2. The normalized spacial score (nSPS) is 15.4. The van der Waals surface area contributed by atoms with E-state index in [-0.39, 0.29) is 0 Å². The fourth-order valence-corrected chi connectivity index (χ4v) is 1.78. The molecule has 80 valence electrons. The van der Waals surface area contributed by atoms with E-state index in [1.165, 1.54) is 5.56 Å². The molecule has 1 unspecified atom stereocenters. The summed E-state index contributed by atoms with van der Waals surface area (Å²) in [6.45, 7) is 4.72. The first-order valence-electron chi connectivity index (χ1n) is 5.25. The third-order valence-electron chi connectivity index (χ3n) is 2.55. The Bertz CT molecular complexity index is 390. The minimum Gasteiger partial charge on any atom is -0.493 e. The van der Waals surface area contributed by atoms with Crippen LogP contribution in [0.25, 0.3) is 0 Å². The highest BCUT2D eigenvalue weighted by atomic mass is 16.5. The Labute approximate surface area is 90.2 Å². The largest absolute Gasteiger partial charge is 0.493 e. The van der Waals surface area contributed by atoms with Gasteiger partial charge in [0.25, 0.3) is 0 Å². The molecule has 0 aliphatic carbocycles. The Balaban J connectivity index is 2.26. The van der Waals surface area contributed by atoms with Crippen LogP contribution < -0.4 is 4.74 Å². The second-order valence-corrected chi connectivity index (χ2v) is 4.15. The maximum atomic E-state index is 9.89. The van der Waals surface area contributed by atoms with Gasteiger partial charge in [-0.15, -0.1) is 0 Å². The van der Waals surface area contributed by atoms with Crippen LogP contribution in [0.5, 0.6) is 5.75 Å². The van der Waals surface area contributed by atoms with Gasteiger partial charge in [-0.1, -0.05) is 23.8 Å². The molecular weight excluding hydrogens is 188 g/mol. The predicted molar refractivity (Wildman–Crippen MR) is 60.0 cm³/mol. The summed E-state index contributed by atoms with van der Waals surface area (Å²) in [6, 6.07) is 5.95. The van der Waals surface area contributed by atoms with Gasteiger partial charge in [0.15, 0.2) is 0 Å². The van der Waals surface area contributed by atoms with Crippen LogP contribution in [0.1, 0.15) is 31.1 Å². The minimum absolute atomic E-state index is 0.524. The van der Waals surface area contributed by atoms with Gasteiger partial charge in [-0.3, -0.25) is 0 Å². The molecule has 1 aliphatic rings. The number of hydrogen-bond acceptors (Lipinski definition) is 2. The molecule has 1 aromatic carbocycles. The van der Waals surface area contributed by atoms with Gasteiger partial charge in [-0.25, -0.2) is 0 Å². The molecule has 0 aromatic heterocycles. The molecule has 0 spiro atoms. The molecule has 0 amide bonds. The van der Waals surface area contributed by atoms with Crippen molar-refractivity contribution in [3.05, 3.63) is 41.0 Å². The van der Waals surface area contributed by atoms with Gasteiger partial charge in [0.1, 0.15) is 5.75 Å². The Kier molecular flexibility index (Phi) is 2.78. The summed E-state index contributed by atoms with van der Waals surface area (Å²) in [5.41, 5.74) is 3.25. The lowest BCUT2D eigenvalue weighted by atomic mass is 10.0. The molecule has 1 heterocycles. The smallest absolute Gasteiger partial charge is 0.123 e. The second kappa shape index (κ2) is 4.07. The number of hydrogen-bond donors (Lipinski definition) is 1. The van der Waals surface area contributed by atoms with E-state index in [9.17, 15) is 5.11 Å². The van der Waals surface area contributed by atoms with Gasteiger partial charge >= 0.3 is 0 Å². The first kappa shape index (κ1) is 10.2. The lowest BCUT2D eigenvalue weighted by Crippen LogP contribution is -1.94. The summed E-state index contributed by atoms with van der Waals surface area (Å²) in [5.74, 6) is 0.925. The van der Waals surface area contributed by atoms with Crippen molar-refractivity contribution in [2.75, 3.05) is 6.61 Å². The number of fused-ring (bicyclic) bond motifs is 1. The lowest BCUT2D eigenvalue weighted by molar-refractivity contribution is 0.227. The average Bonchev–Trinajstić information content (AvgIpc) is 2.62. The fourth-order valence-electron chi connectivity index (χ4n) is 1.78. The van der Waals surface area contributed by atoms with E-state index in [1.54, 1.807) is 0 Å². The van der Waals surface area contributed by atoms with Crippen molar-refractivity contribution >= 4 is 0 Å². The van der Waals surface area contributed by atoms with Gasteiger partial charge in [0, 0.05) is 6.42 Å². The molecular formula is C13H16O2. The van der Waals surface area contributed by atoms with Gasteiger partial charge in [-0.05, 0) is 31.0 Å². The summed E-state index contributed by atoms with van der Waals surface area (Å²) in [4.78, 5) is 0. The second-order valence-electron chi connectivity index (χ2n) is 4.15. The maximum absolute atomic E-state index is 9.89. The van der Waals surface area contributed by atoms with E-state index in [0.29, 0.717) is 0 Å². The van der Waals surface area contributed by atoms with Crippen molar-refractivity contribution in [1.29, 1.82) is 0 Å². The fraction of sp³-hybridized carbons (Fsp3) is 0.385. The molecule has 0 saturated carbocycles. The van der Waals surface area contributed by atoms with Crippen LogP contribution in [0, 0.1) is 0 Å². The number of allylic oxidation sites excluding steroid dienone is 1. The topological polar surface area (TPSA) is 29.5 Å². The van der Waals surface area contributed by atoms with Crippen LogP contribution in [-0.4, -0.2) is 11.7 Å². The van der Waals surface area contributed by atoms with Crippen molar-refractivity contribution in [2.24, 2.45) is 0 Å². The highest BCUT2D eigenvalue weighted by molar-refractivity contribution is 5.41. The Morgan fingerprint density at radius 3 is 3.00 bits per heavy atom. The molecule has 0 saturated heterocycles. The molecule has 1 aromatic rings. The van der Waals surface area contributed by atoms with Crippen molar-refractivity contribution < 1.29 is 9.84 Å². The highest BCUT2D eigenvalue weighted by Gasteiger charge is 2.14. The van der Waals surface area contributed by atoms with E-state index in [1.807, 2.05) is 38.1 Å². The van der Waals surface area contributed by atoms with Gasteiger partial charge in [0.2, 0.25) is 0 Å². The standard InChI is InChI=1S/C13H16O2/c1-9(2)7-12(14)11-4-3-10-5-6-15-13(10)8-11/h3-4,7-8,12,14H,5-6H2,1-2H3. The molecule has 0 fully saturated rings. The summed E-state index contributed by atoms with van der Waals surface area (Å²) < 4.78 is 5.46. The Hall–Kier alpha value is -1.28. The zero-order valence-corrected chi connectivity index (χ0v) is 9.16. The van der Waals surface area contributed by atoms with Crippen molar-refractivity contribution in [3.8, 4) is 5.75 Å². The summed E-state index contributed by atoms with van der Waals surface area (Å²) in [5, 5.41) is 9.89. The number of aliphatic hydroxyl groups excluding tert-OH is 1. The quantitative estimate of drug-likeness (QED) is 0.750. The highest BCUT2D eigenvalue weighted by Crippen LogP contribution is 2.29. The zero-order chi connectivity index (χ0) is 10.8. The van der Waals surface area contributed by atoms with Crippen LogP contribution in [0.4, 0.5) is 0 Å². The van der Waals surface area contributed by atoms with Gasteiger partial charge < -0.3 is 9.84 Å². The third kappa shape index (κ3) is 2.21. The maximum Gasteiger partial charge on any atom is 0.123 e. The lowest BCUT2D eigenvalue weighted by Gasteiger charge is -2.08. The number of ether oxygens (including phenoxy) is 1. The molecule has 1 aliphatic heterocycles. The van der Waals surface area contributed by atoms with Crippen LogP contribution in [0.3, 0.4) is 0 Å². The van der Waals surface area contributed by atoms with Gasteiger partial charge in [0.05, 0.1) is 12.7 Å². The predicted octanol–water partition coefficient (Wildman–Crippen LogP) is 2.62. The van der Waals surface area contributed by atoms with E-state index in [0.717, 1.165) is 29.9 Å². The van der Waals surface area contributed by atoms with Gasteiger partial charge in [-0.2, -0.15) is 0 Å². The van der Waals surface area contributed by atoms with Crippen LogP contribution >= 0.6 is 0 Å². The molecule has 0 radical (unpaired) electrons. The molecule has 2 rings (SSSR count). The summed E-state index contributed by atoms with van der Waals surface area (Å²) in [7, 11) is 0. The molecule has 0 bridgehead atoms. The van der Waals surface area contributed by atoms with Crippen LogP contribution in [0.2, 0.25) is 0 Å². The van der Waals surface area contributed by atoms with Crippen molar-refractivity contribution in [3.63, 3.8) is 0 Å². The molecule has 2 heteroatoms. The first-order chi connectivity index (χ1) is 7.16. The van der Waals surface area contributed by atoms with Crippen LogP contribution in [-0.2, 0) is 6.42 Å². The Morgan fingerprint density at radius 1 is 1.47 bits per heavy atom. The molecule has 1 N–H and O–H groups in total. The number of aliphatic hydroxyl groups is 1. The molecule has 2 nitrogen and oxygen atoms in total. The van der Waals surface area contributed by atoms with E-state index >= 15 is 0 Å². The average molecular weight is 204 g/mol. The number of rotatable bonds is 2. The minimum atomic E-state index is -0.524. The van der Waals surface area contributed by atoms with Crippen molar-refractivity contribution in [1.82, 2.24) is 0 Å². The monoisotopic (exact) mass is 204 g/mol. The summed E-state index contributed by atoms with van der Waals surface area (Å²) >= 11 is 0. The first-order valence-corrected chi connectivity index (χ1v) is 5.25. The number of benzene rings is 1. The molecule has 15 heavy (non-hydrogen) atoms. The van der Waals surface area contributed by atoms with E-state index < -0.39 is 6.10 Å². The van der Waals surface area contributed by atoms with Crippen molar-refractivity contribution in [2.45, 2.75) is 26.4 Å². The third-order valence-corrected chi connectivity index (χ3v) is 2.55. The van der Waals surface area contributed by atoms with E-state index in [4.69, 9.17) is 4.74 Å². The molecule has 1 atom stereocenters. The van der Waals surface area contributed by atoms with Crippen LogP contribution in [0.15, 0.2) is 29.8 Å². The zero-order valence-electron chi connectivity index (χ0n) is 9.16. The summed E-state index contributed by atoms with van der Waals surface area (Å²) in [6.07, 6.45) is 2.30.